The van der Waals surface area contributed by atoms with Gasteiger partial charge in [-0.2, -0.15) is 13.2 Å². The smallest absolute Gasteiger partial charge is 0.416 e. The highest BCUT2D eigenvalue weighted by atomic mass is 32.1. The lowest BCUT2D eigenvalue weighted by atomic mass is 10.0. The van der Waals surface area contributed by atoms with Crippen molar-refractivity contribution in [2.75, 3.05) is 11.1 Å². The van der Waals surface area contributed by atoms with Crippen molar-refractivity contribution in [2.45, 2.75) is 32.5 Å². The highest BCUT2D eigenvalue weighted by Gasteiger charge is 2.31. The van der Waals surface area contributed by atoms with Gasteiger partial charge in [0.25, 0.3) is 0 Å². The molecule has 0 unspecified atom stereocenters. The Bertz CT molecular complexity index is 1360. The second-order valence-electron chi connectivity index (χ2n) is 8.39. The number of para-hydroxylation sites is 1. The Morgan fingerprint density at radius 2 is 1.91 bits per heavy atom. The van der Waals surface area contributed by atoms with Crippen LogP contribution in [0.15, 0.2) is 48.7 Å². The van der Waals surface area contributed by atoms with Crippen molar-refractivity contribution in [1.82, 2.24) is 9.97 Å². The Hall–Kier alpha value is -3.73. The fourth-order valence-corrected chi connectivity index (χ4v) is 3.97. The molecule has 0 aliphatic rings. The molecule has 0 saturated carbocycles. The van der Waals surface area contributed by atoms with Crippen LogP contribution in [-0.2, 0) is 10.9 Å². The van der Waals surface area contributed by atoms with E-state index in [1.807, 2.05) is 6.07 Å². The zero-order valence-corrected chi connectivity index (χ0v) is 19.2. The van der Waals surface area contributed by atoms with E-state index in [4.69, 9.17) is 15.2 Å². The summed E-state index contributed by atoms with van der Waals surface area (Å²) in [6.07, 6.45) is -3.88. The predicted octanol–water partition coefficient (Wildman–Crippen LogP) is 7.03. The number of hydrogen-bond donors (Lipinski definition) is 3. The molecule has 0 aliphatic heterocycles. The van der Waals surface area contributed by atoms with Gasteiger partial charge in [-0.25, -0.2) is 9.78 Å². The van der Waals surface area contributed by atoms with Crippen LogP contribution in [0, 0.1) is 0 Å². The summed E-state index contributed by atoms with van der Waals surface area (Å²) in [6, 6.07) is 10.1. The summed E-state index contributed by atoms with van der Waals surface area (Å²) in [5.41, 5.74) is 5.47. The summed E-state index contributed by atoms with van der Waals surface area (Å²) in [5, 5.41) is 2.83. The van der Waals surface area contributed by atoms with E-state index in [1.165, 1.54) is 17.4 Å². The first-order valence-corrected chi connectivity index (χ1v) is 10.9. The number of H-pyrrole nitrogens is 1. The second-order valence-corrected chi connectivity index (χ2v) is 9.46. The van der Waals surface area contributed by atoms with Gasteiger partial charge >= 0.3 is 12.3 Å². The summed E-state index contributed by atoms with van der Waals surface area (Å²) in [5.74, 6) is 0.801. The van der Waals surface area contributed by atoms with Crippen LogP contribution in [0.25, 0.3) is 21.3 Å². The number of nitrogens with two attached hydrogens (primary N) is 1. The molecule has 11 heteroatoms. The molecule has 178 valence electrons. The maximum absolute atomic E-state index is 13.3. The van der Waals surface area contributed by atoms with Gasteiger partial charge in [0.15, 0.2) is 16.8 Å². The first kappa shape index (κ1) is 23.4. The summed E-state index contributed by atoms with van der Waals surface area (Å²) in [7, 11) is 0. The molecule has 1 amide bonds. The second kappa shape index (κ2) is 8.56. The number of nitrogens with one attached hydrogen (secondary N) is 2. The number of anilines is 2. The molecular formula is C23H21F3N4O3S. The molecule has 0 spiro atoms. The molecule has 4 rings (SSSR count). The van der Waals surface area contributed by atoms with Crippen LogP contribution in [0.5, 0.6) is 11.6 Å². The van der Waals surface area contributed by atoms with Gasteiger partial charge in [0.2, 0.25) is 0 Å². The van der Waals surface area contributed by atoms with Crippen LogP contribution in [-0.4, -0.2) is 21.7 Å². The highest BCUT2D eigenvalue weighted by molar-refractivity contribution is 7.22. The van der Waals surface area contributed by atoms with E-state index in [1.54, 1.807) is 45.2 Å². The van der Waals surface area contributed by atoms with Gasteiger partial charge in [-0.1, -0.05) is 23.5 Å². The van der Waals surface area contributed by atoms with Crippen molar-refractivity contribution >= 4 is 38.5 Å². The lowest BCUT2D eigenvalue weighted by molar-refractivity contribution is -0.137. The summed E-state index contributed by atoms with van der Waals surface area (Å²) < 4.78 is 51.9. The molecule has 4 N–H and O–H groups in total. The van der Waals surface area contributed by atoms with Gasteiger partial charge in [-0.15, -0.1) is 0 Å². The fourth-order valence-electron chi connectivity index (χ4n) is 3.22. The topological polar surface area (TPSA) is 102 Å². The van der Waals surface area contributed by atoms with Crippen LogP contribution in [0.4, 0.5) is 28.8 Å². The van der Waals surface area contributed by atoms with Crippen molar-refractivity contribution in [3.63, 3.8) is 0 Å². The van der Waals surface area contributed by atoms with Crippen LogP contribution in [0.2, 0.25) is 0 Å². The predicted molar refractivity (Wildman–Crippen MR) is 125 cm³/mol. The molecule has 2 aromatic carbocycles. The Balaban J connectivity index is 1.66. The van der Waals surface area contributed by atoms with Crippen molar-refractivity contribution in [2.24, 2.45) is 0 Å². The normalized spacial score (nSPS) is 12.1. The lowest BCUT2D eigenvalue weighted by Gasteiger charge is -2.21. The number of carbonyl (C=O) groups excluding carboxylic acids is 1. The van der Waals surface area contributed by atoms with Crippen molar-refractivity contribution in [3.05, 3.63) is 54.2 Å². The molecule has 0 radical (unpaired) electrons. The molecule has 7 nitrogen and oxygen atoms in total. The zero-order valence-electron chi connectivity index (χ0n) is 18.4. The number of nitrogen functional groups attached to an aromatic ring is 1. The van der Waals surface area contributed by atoms with Gasteiger partial charge in [0.1, 0.15) is 11.1 Å². The third-order valence-electron chi connectivity index (χ3n) is 4.57. The van der Waals surface area contributed by atoms with Crippen LogP contribution in [0.1, 0.15) is 26.3 Å². The van der Waals surface area contributed by atoms with Crippen molar-refractivity contribution in [3.8, 4) is 22.8 Å². The van der Waals surface area contributed by atoms with Crippen molar-refractivity contribution < 1.29 is 27.4 Å². The molecule has 0 atom stereocenters. The monoisotopic (exact) mass is 490 g/mol. The third kappa shape index (κ3) is 5.25. The van der Waals surface area contributed by atoms with E-state index in [0.29, 0.717) is 33.4 Å². The number of carbonyl (C=O) groups is 1. The molecule has 4 aromatic rings. The number of halogens is 3. The van der Waals surface area contributed by atoms with Gasteiger partial charge in [-0.3, -0.25) is 5.32 Å². The number of alkyl halides is 3. The zero-order chi connectivity index (χ0) is 24.7. The van der Waals surface area contributed by atoms with Gasteiger partial charge in [0.05, 0.1) is 16.0 Å². The van der Waals surface area contributed by atoms with Gasteiger partial charge < -0.3 is 20.2 Å². The molecule has 0 saturated heterocycles. The minimum atomic E-state index is -4.58. The van der Waals surface area contributed by atoms with E-state index in [0.717, 1.165) is 16.8 Å². The number of benzene rings is 2. The Morgan fingerprint density at radius 3 is 2.62 bits per heavy atom. The van der Waals surface area contributed by atoms with E-state index in [2.05, 4.69) is 15.3 Å². The molecule has 34 heavy (non-hydrogen) atoms. The van der Waals surface area contributed by atoms with E-state index in [-0.39, 0.29) is 5.69 Å². The molecule has 2 heterocycles. The molecule has 2 aromatic heterocycles. The SMILES string of the molecule is CC(C)(C)OC(=O)Nc1cc(C(F)(F)F)ccc1-c1c[nH]c(Oc2cccc3sc(N)nc23)c1. The first-order valence-electron chi connectivity index (χ1n) is 10.1. The summed E-state index contributed by atoms with van der Waals surface area (Å²) >= 11 is 1.33. The molecule has 0 aliphatic carbocycles. The molecular weight excluding hydrogens is 469 g/mol. The third-order valence-corrected chi connectivity index (χ3v) is 5.42. The maximum atomic E-state index is 13.3. The minimum Gasteiger partial charge on any atom is -0.444 e. The number of aromatic nitrogens is 2. The number of rotatable bonds is 4. The number of amides is 1. The fraction of sp³-hybridized carbons (Fsp3) is 0.217. The number of fused-ring (bicyclic) bond motifs is 1. The molecule has 0 fully saturated rings. The van der Waals surface area contributed by atoms with Crippen molar-refractivity contribution in [1.29, 1.82) is 0 Å². The lowest BCUT2D eigenvalue weighted by Crippen LogP contribution is -2.27. The van der Waals surface area contributed by atoms with Crippen LogP contribution >= 0.6 is 11.3 Å². The van der Waals surface area contributed by atoms with Gasteiger partial charge in [0, 0.05) is 23.4 Å². The number of ether oxygens (including phenoxy) is 2. The van der Waals surface area contributed by atoms with Crippen LogP contribution in [0.3, 0.4) is 0 Å². The summed E-state index contributed by atoms with van der Waals surface area (Å²) in [6.45, 7) is 4.98. The number of hydrogen-bond acceptors (Lipinski definition) is 6. The average Bonchev–Trinajstić information content (AvgIpc) is 3.32. The standard InChI is InChI=1S/C23H21F3N4O3S/c1-22(2,3)33-21(31)29-15-10-13(23(24,25)26)7-8-14(15)12-9-18(28-11-12)32-16-5-4-6-17-19(16)30-20(27)34-17/h4-11,28H,1-3H3,(H2,27,30)(H,29,31). The number of thiazole rings is 1. The van der Waals surface area contributed by atoms with E-state index >= 15 is 0 Å². The average molecular weight is 491 g/mol. The number of nitrogens with zero attached hydrogens (tertiary/aromatic N) is 1. The first-order chi connectivity index (χ1) is 15.9. The quantitative estimate of drug-likeness (QED) is 0.285. The summed E-state index contributed by atoms with van der Waals surface area (Å²) in [4.78, 5) is 19.5. The Kier molecular flexibility index (Phi) is 5.90. The highest BCUT2D eigenvalue weighted by Crippen LogP contribution is 2.38. The minimum absolute atomic E-state index is 0.0519. The Morgan fingerprint density at radius 1 is 1.15 bits per heavy atom. The van der Waals surface area contributed by atoms with E-state index in [9.17, 15) is 18.0 Å². The molecule has 0 bridgehead atoms. The van der Waals surface area contributed by atoms with Gasteiger partial charge in [-0.05, 0) is 45.0 Å². The number of aromatic amines is 1. The van der Waals surface area contributed by atoms with E-state index < -0.39 is 23.4 Å². The maximum Gasteiger partial charge on any atom is 0.416 e. The van der Waals surface area contributed by atoms with Crippen LogP contribution < -0.4 is 15.8 Å². The largest absolute Gasteiger partial charge is 0.444 e. The Labute approximate surface area is 196 Å².